The maximum absolute atomic E-state index is 14.1. The smallest absolute Gasteiger partial charge is 0.344 e. The first kappa shape index (κ1) is 32.8. The zero-order chi connectivity index (χ0) is 32.0. The van der Waals surface area contributed by atoms with Gasteiger partial charge in [-0.05, 0) is 69.2 Å². The van der Waals surface area contributed by atoms with Gasteiger partial charge in [0.25, 0.3) is 5.56 Å². The largest absolute Gasteiger partial charge is 0.493 e. The molecule has 1 aliphatic heterocycles. The number of carbonyl (C=O) groups excluding carboxylic acids is 2. The monoisotopic (exact) mass is 688 g/mol. The molecule has 0 saturated heterocycles. The molecule has 0 radical (unpaired) electrons. The summed E-state index contributed by atoms with van der Waals surface area (Å²) in [5.41, 5.74) is 1.57. The van der Waals surface area contributed by atoms with Crippen molar-refractivity contribution >= 4 is 45.3 Å². The minimum Gasteiger partial charge on any atom is -0.493 e. The molecular weight excluding hydrogens is 656 g/mol. The third-order valence-electron chi connectivity index (χ3n) is 6.53. The van der Waals surface area contributed by atoms with Crippen molar-refractivity contribution in [1.29, 1.82) is 0 Å². The highest BCUT2D eigenvalue weighted by atomic mass is 79.9. The number of carbonyl (C=O) groups is 2. The van der Waals surface area contributed by atoms with Crippen LogP contribution in [0.5, 0.6) is 23.0 Å². The summed E-state index contributed by atoms with van der Waals surface area (Å²) in [7, 11) is 3.00. The van der Waals surface area contributed by atoms with Crippen LogP contribution in [0.3, 0.4) is 0 Å². The lowest BCUT2D eigenvalue weighted by Gasteiger charge is -2.26. The molecule has 11 nitrogen and oxygen atoms in total. The molecule has 1 aromatic heterocycles. The summed E-state index contributed by atoms with van der Waals surface area (Å²) in [5.74, 6) is 0.615. The summed E-state index contributed by atoms with van der Waals surface area (Å²) in [6, 6.07) is 7.72. The molecule has 0 spiro atoms. The number of thiazole rings is 1. The molecule has 0 saturated carbocycles. The van der Waals surface area contributed by atoms with Crippen LogP contribution >= 0.6 is 27.3 Å². The Bertz CT molecular complexity index is 1780. The number of esters is 2. The Morgan fingerprint density at radius 1 is 0.955 bits per heavy atom. The normalized spacial score (nSPS) is 14.4. The molecule has 2 heterocycles. The Morgan fingerprint density at radius 2 is 1.66 bits per heavy atom. The van der Waals surface area contributed by atoms with Crippen LogP contribution in [0.4, 0.5) is 0 Å². The van der Waals surface area contributed by atoms with Gasteiger partial charge in [0, 0.05) is 4.47 Å². The first-order valence-corrected chi connectivity index (χ1v) is 15.4. The molecule has 0 N–H and O–H groups in total. The number of aromatic nitrogens is 1. The van der Waals surface area contributed by atoms with Crippen molar-refractivity contribution in [3.05, 3.63) is 76.9 Å². The summed E-state index contributed by atoms with van der Waals surface area (Å²) in [5, 5.41) is 0. The van der Waals surface area contributed by atoms with Gasteiger partial charge in [-0.3, -0.25) is 9.36 Å². The van der Waals surface area contributed by atoms with Gasteiger partial charge in [-0.25, -0.2) is 14.6 Å². The Morgan fingerprint density at radius 3 is 2.32 bits per heavy atom. The fourth-order valence-electron chi connectivity index (χ4n) is 4.66. The molecule has 13 heteroatoms. The van der Waals surface area contributed by atoms with E-state index in [4.69, 9.17) is 28.4 Å². The van der Waals surface area contributed by atoms with E-state index in [1.54, 1.807) is 57.2 Å². The maximum Gasteiger partial charge on any atom is 0.344 e. The number of benzene rings is 2. The Kier molecular flexibility index (Phi) is 10.9. The second kappa shape index (κ2) is 14.6. The summed E-state index contributed by atoms with van der Waals surface area (Å²) < 4.78 is 35.1. The molecule has 0 aliphatic carbocycles. The van der Waals surface area contributed by atoms with Crippen molar-refractivity contribution in [2.75, 3.05) is 40.6 Å². The Balaban J connectivity index is 1.86. The number of rotatable bonds is 12. The maximum atomic E-state index is 14.1. The van der Waals surface area contributed by atoms with Crippen LogP contribution in [0, 0.1) is 0 Å². The van der Waals surface area contributed by atoms with Crippen molar-refractivity contribution in [2.45, 2.75) is 33.7 Å². The van der Waals surface area contributed by atoms with Crippen molar-refractivity contribution in [3.8, 4) is 23.0 Å². The highest BCUT2D eigenvalue weighted by Gasteiger charge is 2.35. The van der Waals surface area contributed by atoms with E-state index in [0.717, 1.165) is 0 Å². The van der Waals surface area contributed by atoms with E-state index < -0.39 is 18.0 Å². The van der Waals surface area contributed by atoms with Crippen LogP contribution in [0.15, 0.2) is 55.9 Å². The lowest BCUT2D eigenvalue weighted by Crippen LogP contribution is -2.40. The lowest BCUT2D eigenvalue weighted by atomic mass is 9.95. The SMILES string of the molecule is CCOC(=O)COc1ccc(/C=c2/sc3n(c2=O)[C@@H](c2cc(OC)c(OCC)cc2Br)C(C(=O)OCC)=C(C)N=3)cc1OC. The van der Waals surface area contributed by atoms with Gasteiger partial charge < -0.3 is 28.4 Å². The minimum atomic E-state index is -0.861. The zero-order valence-electron chi connectivity index (χ0n) is 25.2. The van der Waals surface area contributed by atoms with Gasteiger partial charge in [-0.2, -0.15) is 0 Å². The van der Waals surface area contributed by atoms with Crippen LogP contribution in [0.25, 0.3) is 6.08 Å². The summed E-state index contributed by atoms with van der Waals surface area (Å²) >= 11 is 4.81. The molecule has 0 bridgehead atoms. The topological polar surface area (TPSA) is 124 Å². The van der Waals surface area contributed by atoms with Crippen LogP contribution in [-0.2, 0) is 19.1 Å². The second-order valence-corrected chi connectivity index (χ2v) is 11.1. The fourth-order valence-corrected chi connectivity index (χ4v) is 6.24. The third-order valence-corrected chi connectivity index (χ3v) is 8.20. The van der Waals surface area contributed by atoms with Crippen LogP contribution in [0.1, 0.15) is 44.9 Å². The summed E-state index contributed by atoms with van der Waals surface area (Å²) in [6.45, 7) is 7.58. The van der Waals surface area contributed by atoms with E-state index in [2.05, 4.69) is 20.9 Å². The standard InChI is InChI=1S/C31H33BrN2O9S/c1-7-40-24-15-20(32)19(14-23(24)39-6)28-27(30(37)42-9-3)17(4)33-31-34(28)29(36)25(44-31)13-18-10-11-21(22(12-18)38-5)43-16-26(35)41-8-2/h10-15,28H,7-9,16H2,1-6H3/b25-13+/t28-/m0/s1. The van der Waals surface area contributed by atoms with Crippen molar-refractivity contribution in [1.82, 2.24) is 4.57 Å². The molecule has 234 valence electrons. The van der Waals surface area contributed by atoms with Crippen molar-refractivity contribution in [2.24, 2.45) is 4.99 Å². The molecule has 0 fully saturated rings. The van der Waals surface area contributed by atoms with Gasteiger partial charge in [0.2, 0.25) is 0 Å². The van der Waals surface area contributed by atoms with E-state index in [0.29, 0.717) is 60.2 Å². The van der Waals surface area contributed by atoms with E-state index in [-0.39, 0.29) is 31.0 Å². The van der Waals surface area contributed by atoms with Crippen LogP contribution in [-0.4, -0.2) is 57.2 Å². The number of allylic oxidation sites excluding steroid dienone is 1. The molecule has 1 atom stereocenters. The molecule has 3 aromatic rings. The first-order chi connectivity index (χ1) is 21.2. The first-order valence-electron chi connectivity index (χ1n) is 13.8. The number of methoxy groups -OCH3 is 2. The number of ether oxygens (including phenoxy) is 6. The number of hydrogen-bond donors (Lipinski definition) is 0. The highest BCUT2D eigenvalue weighted by molar-refractivity contribution is 9.10. The molecule has 44 heavy (non-hydrogen) atoms. The van der Waals surface area contributed by atoms with Gasteiger partial charge in [0.05, 0.1) is 55.9 Å². The molecule has 0 unspecified atom stereocenters. The molecular formula is C31H33BrN2O9S. The predicted molar refractivity (Wildman–Crippen MR) is 167 cm³/mol. The predicted octanol–water partition coefficient (Wildman–Crippen LogP) is 3.92. The molecule has 2 aromatic carbocycles. The molecule has 0 amide bonds. The Hall–Kier alpha value is -4.10. The molecule has 4 rings (SSSR count). The van der Waals surface area contributed by atoms with Gasteiger partial charge >= 0.3 is 11.9 Å². The quantitative estimate of drug-likeness (QED) is 0.261. The summed E-state index contributed by atoms with van der Waals surface area (Å²) in [6.07, 6.45) is 1.70. The van der Waals surface area contributed by atoms with E-state index >= 15 is 0 Å². The number of halogens is 1. The highest BCUT2D eigenvalue weighted by Crippen LogP contribution is 2.41. The van der Waals surface area contributed by atoms with E-state index in [1.165, 1.54) is 30.1 Å². The zero-order valence-corrected chi connectivity index (χ0v) is 27.6. The van der Waals surface area contributed by atoms with E-state index in [9.17, 15) is 14.4 Å². The van der Waals surface area contributed by atoms with Crippen molar-refractivity contribution < 1.29 is 38.0 Å². The van der Waals surface area contributed by atoms with Crippen LogP contribution in [0.2, 0.25) is 0 Å². The van der Waals surface area contributed by atoms with Gasteiger partial charge in [-0.15, -0.1) is 0 Å². The van der Waals surface area contributed by atoms with Gasteiger partial charge in [-0.1, -0.05) is 33.3 Å². The second-order valence-electron chi connectivity index (χ2n) is 9.26. The molecule has 1 aliphatic rings. The van der Waals surface area contributed by atoms with Gasteiger partial charge in [0.1, 0.15) is 0 Å². The number of nitrogens with zero attached hydrogens (tertiary/aromatic N) is 2. The average molecular weight is 690 g/mol. The van der Waals surface area contributed by atoms with Gasteiger partial charge in [0.15, 0.2) is 34.4 Å². The fraction of sp³-hybridized carbons (Fsp3) is 0.355. The van der Waals surface area contributed by atoms with E-state index in [1.807, 2.05) is 6.92 Å². The minimum absolute atomic E-state index is 0.155. The number of hydrogen-bond acceptors (Lipinski definition) is 11. The Labute approximate surface area is 266 Å². The van der Waals surface area contributed by atoms with Crippen molar-refractivity contribution in [3.63, 3.8) is 0 Å². The lowest BCUT2D eigenvalue weighted by molar-refractivity contribution is -0.145. The summed E-state index contributed by atoms with van der Waals surface area (Å²) in [4.78, 5) is 44.1. The van der Waals surface area contributed by atoms with Crippen LogP contribution < -0.4 is 33.8 Å². The third kappa shape index (κ3) is 6.83. The average Bonchev–Trinajstić information content (AvgIpc) is 3.30. The number of fused-ring (bicyclic) bond motifs is 1.